The number of rotatable bonds is 8. The van der Waals surface area contributed by atoms with Crippen LogP contribution in [-0.2, 0) is 6.54 Å². The Hall–Kier alpha value is -4.81. The van der Waals surface area contributed by atoms with E-state index in [9.17, 15) is 19.3 Å². The van der Waals surface area contributed by atoms with Crippen molar-refractivity contribution < 1.29 is 18.3 Å². The highest BCUT2D eigenvalue weighted by Crippen LogP contribution is 2.51. The third-order valence-corrected chi connectivity index (χ3v) is 8.75. The van der Waals surface area contributed by atoms with Gasteiger partial charge < -0.3 is 14.4 Å². The molecule has 218 valence electrons. The molecule has 0 aromatic carbocycles. The number of pyridine rings is 3. The van der Waals surface area contributed by atoms with Crippen LogP contribution in [-0.4, -0.2) is 69.3 Å². The maximum Gasteiger partial charge on any atom is 0.251 e. The summed E-state index contributed by atoms with van der Waals surface area (Å²) >= 11 is 0. The first-order chi connectivity index (χ1) is 20.8. The molecule has 3 saturated heterocycles. The van der Waals surface area contributed by atoms with Crippen LogP contribution in [0.25, 0.3) is 16.6 Å². The molecule has 10 nitrogen and oxygen atoms in total. The zero-order chi connectivity index (χ0) is 29.8. The summed E-state index contributed by atoms with van der Waals surface area (Å²) in [6.07, 6.45) is 6.82. The van der Waals surface area contributed by atoms with Crippen LogP contribution in [0.4, 0.5) is 14.6 Å². The van der Waals surface area contributed by atoms with Crippen molar-refractivity contribution in [3.8, 4) is 34.9 Å². The Labute approximate surface area is 246 Å². The standard InChI is InChI=1S/C31H28F2N8O2/c1-42-28-5-2-20(9-37-28)12-40-23-6-24(40)14-39(13-23)27-4-3-21(10-36-27)26-7-25(15-41-29(26)22(8-34)11-38-41)43-19-30(18-35)16-31(32,33)17-30/h2-5,7,9-11,15,23-24H,6,12-14,16-17,19H2,1H3. The number of methoxy groups -OCH3 is 1. The van der Waals surface area contributed by atoms with Crippen LogP contribution in [0.15, 0.2) is 55.1 Å². The maximum atomic E-state index is 13.5. The molecular weight excluding hydrogens is 554 g/mol. The lowest BCUT2D eigenvalue weighted by molar-refractivity contribution is -0.148. The monoisotopic (exact) mass is 582 g/mol. The van der Waals surface area contributed by atoms with Crippen LogP contribution >= 0.6 is 0 Å². The van der Waals surface area contributed by atoms with Crippen molar-refractivity contribution in [1.82, 2.24) is 24.5 Å². The summed E-state index contributed by atoms with van der Waals surface area (Å²) in [5.41, 5.74) is 2.36. The number of nitrogens with zero attached hydrogens (tertiary/aromatic N) is 8. The first kappa shape index (κ1) is 27.0. The van der Waals surface area contributed by atoms with E-state index >= 15 is 0 Å². The van der Waals surface area contributed by atoms with Gasteiger partial charge in [-0.1, -0.05) is 6.07 Å². The molecule has 4 aromatic rings. The minimum Gasteiger partial charge on any atom is -0.490 e. The fraction of sp³-hybridized carbons (Fsp3) is 0.387. The molecule has 2 atom stereocenters. The van der Waals surface area contributed by atoms with E-state index in [2.05, 4.69) is 32.0 Å². The summed E-state index contributed by atoms with van der Waals surface area (Å²) in [6.45, 7) is 2.45. The number of aromatic nitrogens is 4. The number of piperidine rings is 1. The topological polar surface area (TPSA) is 116 Å². The van der Waals surface area contributed by atoms with E-state index in [1.54, 1.807) is 25.6 Å². The van der Waals surface area contributed by atoms with E-state index in [0.29, 0.717) is 40.4 Å². The molecule has 4 aromatic heterocycles. The third kappa shape index (κ3) is 4.88. The smallest absolute Gasteiger partial charge is 0.251 e. The van der Waals surface area contributed by atoms with Crippen LogP contribution in [0.1, 0.15) is 30.4 Å². The van der Waals surface area contributed by atoms with Crippen LogP contribution in [0.5, 0.6) is 11.6 Å². The largest absolute Gasteiger partial charge is 0.490 e. The molecule has 1 aliphatic carbocycles. The van der Waals surface area contributed by atoms with Gasteiger partial charge in [-0.05, 0) is 30.2 Å². The number of fused-ring (bicyclic) bond motifs is 3. The number of nitriles is 2. The summed E-state index contributed by atoms with van der Waals surface area (Å²) in [6, 6.07) is 14.7. The van der Waals surface area contributed by atoms with E-state index < -0.39 is 24.2 Å². The fourth-order valence-corrected chi connectivity index (χ4v) is 6.55. The molecule has 1 saturated carbocycles. The lowest BCUT2D eigenvalue weighted by atomic mass is 9.67. The Kier molecular flexibility index (Phi) is 6.40. The van der Waals surface area contributed by atoms with Crippen LogP contribution < -0.4 is 14.4 Å². The Balaban J connectivity index is 1.08. The van der Waals surface area contributed by atoms with E-state index in [1.807, 2.05) is 30.5 Å². The van der Waals surface area contributed by atoms with Crippen molar-refractivity contribution in [3.63, 3.8) is 0 Å². The highest BCUT2D eigenvalue weighted by molar-refractivity contribution is 5.85. The van der Waals surface area contributed by atoms with Gasteiger partial charge in [0.1, 0.15) is 29.7 Å². The van der Waals surface area contributed by atoms with Crippen molar-refractivity contribution in [3.05, 3.63) is 66.2 Å². The van der Waals surface area contributed by atoms with Gasteiger partial charge in [-0.15, -0.1) is 0 Å². The van der Waals surface area contributed by atoms with Gasteiger partial charge in [0.15, 0.2) is 0 Å². The summed E-state index contributed by atoms with van der Waals surface area (Å²) in [5, 5.41) is 23.5. The Morgan fingerprint density at radius 2 is 1.86 bits per heavy atom. The van der Waals surface area contributed by atoms with Crippen LogP contribution in [0, 0.1) is 28.1 Å². The van der Waals surface area contributed by atoms with Crippen molar-refractivity contribution in [1.29, 1.82) is 10.5 Å². The molecule has 4 aliphatic rings. The predicted molar refractivity (Wildman–Crippen MR) is 152 cm³/mol. The molecule has 2 bridgehead atoms. The van der Waals surface area contributed by atoms with Gasteiger partial charge in [0.05, 0.1) is 36.7 Å². The van der Waals surface area contributed by atoms with Gasteiger partial charge in [0, 0.05) is 74.1 Å². The average molecular weight is 583 g/mol. The normalized spacial score (nSPS) is 21.7. The highest BCUT2D eigenvalue weighted by Gasteiger charge is 2.57. The van der Waals surface area contributed by atoms with Gasteiger partial charge in [0.2, 0.25) is 5.88 Å². The molecule has 7 heterocycles. The Bertz CT molecular complexity index is 1740. The summed E-state index contributed by atoms with van der Waals surface area (Å²) in [4.78, 5) is 13.9. The highest BCUT2D eigenvalue weighted by atomic mass is 19.3. The summed E-state index contributed by atoms with van der Waals surface area (Å²) in [5.74, 6) is -0.985. The predicted octanol–water partition coefficient (Wildman–Crippen LogP) is 4.45. The SMILES string of the molecule is COc1ccc(CN2C3CC2CN(c2ccc(-c4cc(OCC5(C#N)CC(F)(F)C5)cn5ncc(C#N)c45)cn2)C3)cn1. The van der Waals surface area contributed by atoms with Crippen LogP contribution in [0.3, 0.4) is 0 Å². The van der Waals surface area contributed by atoms with Gasteiger partial charge >= 0.3 is 0 Å². The minimum absolute atomic E-state index is 0.156. The third-order valence-electron chi connectivity index (χ3n) is 8.75. The summed E-state index contributed by atoms with van der Waals surface area (Å²) < 4.78 is 39.6. The average Bonchev–Trinajstić information content (AvgIpc) is 3.44. The number of piperazine rings is 1. The molecule has 12 heteroatoms. The quantitative estimate of drug-likeness (QED) is 0.297. The van der Waals surface area contributed by atoms with Gasteiger partial charge in [-0.3, -0.25) is 4.90 Å². The molecule has 0 amide bonds. The molecule has 8 rings (SSSR count). The van der Waals surface area contributed by atoms with Crippen molar-refractivity contribution in [2.45, 2.75) is 43.8 Å². The Morgan fingerprint density at radius 3 is 2.49 bits per heavy atom. The number of ether oxygens (including phenoxy) is 2. The van der Waals surface area contributed by atoms with Crippen molar-refractivity contribution >= 4 is 11.3 Å². The molecule has 2 unspecified atom stereocenters. The van der Waals surface area contributed by atoms with Gasteiger partial charge in [-0.25, -0.2) is 23.3 Å². The lowest BCUT2D eigenvalue weighted by Crippen LogP contribution is -2.68. The molecule has 0 spiro atoms. The number of alkyl halides is 2. The number of hydrogen-bond donors (Lipinski definition) is 0. The zero-order valence-electron chi connectivity index (χ0n) is 23.5. The number of anilines is 1. The zero-order valence-corrected chi connectivity index (χ0v) is 23.5. The first-order valence-electron chi connectivity index (χ1n) is 14.1. The molecule has 0 radical (unpaired) electrons. The number of halogens is 2. The summed E-state index contributed by atoms with van der Waals surface area (Å²) in [7, 11) is 1.61. The second-order valence-electron chi connectivity index (χ2n) is 11.7. The Morgan fingerprint density at radius 1 is 1.05 bits per heavy atom. The van der Waals surface area contributed by atoms with Gasteiger partial charge in [0.25, 0.3) is 5.92 Å². The van der Waals surface area contributed by atoms with Crippen LogP contribution in [0.2, 0.25) is 0 Å². The van der Waals surface area contributed by atoms with E-state index in [0.717, 1.165) is 43.0 Å². The molecule has 4 fully saturated rings. The van der Waals surface area contributed by atoms with Crippen molar-refractivity contribution in [2.75, 3.05) is 31.7 Å². The molecule has 0 N–H and O–H groups in total. The fourth-order valence-electron chi connectivity index (χ4n) is 6.55. The lowest BCUT2D eigenvalue weighted by Gasteiger charge is -2.56. The molecule has 43 heavy (non-hydrogen) atoms. The minimum atomic E-state index is -2.84. The second kappa shape index (κ2) is 10.2. The molecule has 3 aliphatic heterocycles. The van der Waals surface area contributed by atoms with E-state index in [4.69, 9.17) is 14.5 Å². The van der Waals surface area contributed by atoms with Gasteiger partial charge in [-0.2, -0.15) is 15.6 Å². The van der Waals surface area contributed by atoms with E-state index in [1.165, 1.54) is 10.7 Å². The van der Waals surface area contributed by atoms with Crippen molar-refractivity contribution in [2.24, 2.45) is 5.41 Å². The second-order valence-corrected chi connectivity index (χ2v) is 11.7. The molecular formula is C31H28F2N8O2. The maximum absolute atomic E-state index is 13.5. The van der Waals surface area contributed by atoms with E-state index in [-0.39, 0.29) is 6.61 Å². The number of hydrogen-bond acceptors (Lipinski definition) is 9. The first-order valence-corrected chi connectivity index (χ1v) is 14.1.